The second kappa shape index (κ2) is 6.13. The van der Waals surface area contributed by atoms with Gasteiger partial charge >= 0.3 is 0 Å². The fourth-order valence-corrected chi connectivity index (χ4v) is 3.04. The lowest BCUT2D eigenvalue weighted by Gasteiger charge is -2.16. The molecule has 118 valence electrons. The van der Waals surface area contributed by atoms with Gasteiger partial charge in [0.05, 0.1) is 6.20 Å². The number of H-pyrrole nitrogens is 1. The summed E-state index contributed by atoms with van der Waals surface area (Å²) >= 11 is 0. The Hall–Kier alpha value is -1.81. The van der Waals surface area contributed by atoms with Gasteiger partial charge in [0.1, 0.15) is 11.4 Å². The van der Waals surface area contributed by atoms with Crippen molar-refractivity contribution in [3.05, 3.63) is 46.8 Å². The zero-order valence-electron chi connectivity index (χ0n) is 13.7. The number of nitrogens with zero attached hydrogens (tertiary/aromatic N) is 1. The Morgan fingerprint density at radius 3 is 3.00 bits per heavy atom. The van der Waals surface area contributed by atoms with Crippen molar-refractivity contribution in [2.75, 3.05) is 6.54 Å². The molecule has 1 aromatic heterocycles. The fourth-order valence-electron chi connectivity index (χ4n) is 3.04. The average molecular weight is 299 g/mol. The minimum absolute atomic E-state index is 0.0587. The number of rotatable bonds is 6. The highest BCUT2D eigenvalue weighted by Crippen LogP contribution is 2.35. The van der Waals surface area contributed by atoms with Crippen molar-refractivity contribution in [3.63, 3.8) is 0 Å². The van der Waals surface area contributed by atoms with Crippen molar-refractivity contribution in [2.45, 2.75) is 52.2 Å². The molecule has 1 aliphatic rings. The van der Waals surface area contributed by atoms with Crippen molar-refractivity contribution < 1.29 is 4.74 Å². The first kappa shape index (κ1) is 15.1. The van der Waals surface area contributed by atoms with E-state index in [2.05, 4.69) is 54.5 Å². The summed E-state index contributed by atoms with van der Waals surface area (Å²) in [6.07, 6.45) is 5.12. The number of hydrogen-bond acceptors (Lipinski definition) is 3. The molecule has 3 rings (SSSR count). The third kappa shape index (κ3) is 3.50. The van der Waals surface area contributed by atoms with Crippen LogP contribution in [0.15, 0.2) is 24.4 Å². The summed E-state index contributed by atoms with van der Waals surface area (Å²) in [5.74, 6) is 1.05. The molecule has 2 N–H and O–H groups in total. The third-order valence-electron chi connectivity index (χ3n) is 4.19. The molecule has 0 bridgehead atoms. The highest BCUT2D eigenvalue weighted by molar-refractivity contribution is 5.41. The molecule has 0 atom stereocenters. The Kier molecular flexibility index (Phi) is 4.21. The van der Waals surface area contributed by atoms with Crippen LogP contribution in [0.3, 0.4) is 0 Å². The predicted octanol–water partition coefficient (Wildman–Crippen LogP) is 3.15. The molecule has 2 heterocycles. The van der Waals surface area contributed by atoms with Crippen LogP contribution in [0.4, 0.5) is 0 Å². The van der Waals surface area contributed by atoms with Crippen LogP contribution in [-0.4, -0.2) is 22.3 Å². The summed E-state index contributed by atoms with van der Waals surface area (Å²) in [6.45, 7) is 8.29. The minimum Gasteiger partial charge on any atom is -0.487 e. The predicted molar refractivity (Wildman–Crippen MR) is 88.2 cm³/mol. The van der Waals surface area contributed by atoms with Crippen LogP contribution in [0.1, 0.15) is 42.7 Å². The maximum absolute atomic E-state index is 5.92. The lowest BCUT2D eigenvalue weighted by Crippen LogP contribution is -2.24. The van der Waals surface area contributed by atoms with Crippen LogP contribution in [0.25, 0.3) is 0 Å². The lowest BCUT2D eigenvalue weighted by molar-refractivity contribution is 0.138. The van der Waals surface area contributed by atoms with Gasteiger partial charge in [-0.3, -0.25) is 5.10 Å². The molecule has 0 unspecified atom stereocenters. The van der Waals surface area contributed by atoms with Gasteiger partial charge in [-0.1, -0.05) is 12.1 Å². The summed E-state index contributed by atoms with van der Waals surface area (Å²) in [5, 5.41) is 10.6. The maximum Gasteiger partial charge on any atom is 0.123 e. The van der Waals surface area contributed by atoms with E-state index in [0.29, 0.717) is 0 Å². The van der Waals surface area contributed by atoms with E-state index >= 15 is 0 Å². The second-order valence-corrected chi connectivity index (χ2v) is 6.78. The van der Waals surface area contributed by atoms with Gasteiger partial charge in [-0.25, -0.2) is 0 Å². The number of aromatic nitrogens is 2. The van der Waals surface area contributed by atoms with Crippen molar-refractivity contribution in [1.82, 2.24) is 15.5 Å². The van der Waals surface area contributed by atoms with Gasteiger partial charge in [-0.15, -0.1) is 0 Å². The highest BCUT2D eigenvalue weighted by Gasteiger charge is 2.29. The van der Waals surface area contributed by atoms with Gasteiger partial charge in [0.15, 0.2) is 0 Å². The molecule has 0 spiro atoms. The summed E-state index contributed by atoms with van der Waals surface area (Å²) in [7, 11) is 0. The van der Waals surface area contributed by atoms with E-state index in [0.717, 1.165) is 38.1 Å². The molecule has 22 heavy (non-hydrogen) atoms. The fraction of sp³-hybridized carbons (Fsp3) is 0.500. The Bertz CT molecular complexity index is 646. The van der Waals surface area contributed by atoms with Gasteiger partial charge in [-0.2, -0.15) is 5.10 Å². The van der Waals surface area contributed by atoms with Gasteiger partial charge in [-0.05, 0) is 62.9 Å². The van der Waals surface area contributed by atoms with E-state index in [9.17, 15) is 0 Å². The van der Waals surface area contributed by atoms with Gasteiger partial charge in [0, 0.05) is 18.7 Å². The first-order valence-corrected chi connectivity index (χ1v) is 8.04. The van der Waals surface area contributed by atoms with Crippen LogP contribution >= 0.6 is 0 Å². The highest BCUT2D eigenvalue weighted by atomic mass is 16.5. The molecule has 1 aliphatic heterocycles. The molecular formula is C18H25N3O. The van der Waals surface area contributed by atoms with Gasteiger partial charge < -0.3 is 10.1 Å². The first-order valence-electron chi connectivity index (χ1n) is 8.04. The summed E-state index contributed by atoms with van der Waals surface area (Å²) < 4.78 is 5.92. The molecular weight excluding hydrogens is 274 g/mol. The smallest absolute Gasteiger partial charge is 0.123 e. The number of benzene rings is 1. The van der Waals surface area contributed by atoms with E-state index in [1.54, 1.807) is 0 Å². The van der Waals surface area contributed by atoms with E-state index in [1.165, 1.54) is 22.4 Å². The quantitative estimate of drug-likeness (QED) is 0.806. The summed E-state index contributed by atoms with van der Waals surface area (Å²) in [6, 6.07) is 6.54. The normalized spacial score (nSPS) is 15.6. The number of fused-ring (bicyclic) bond motifs is 1. The van der Waals surface area contributed by atoms with Gasteiger partial charge in [0.2, 0.25) is 0 Å². The Morgan fingerprint density at radius 1 is 1.36 bits per heavy atom. The number of ether oxygens (including phenoxy) is 1. The van der Waals surface area contributed by atoms with Crippen molar-refractivity contribution >= 4 is 0 Å². The van der Waals surface area contributed by atoms with E-state index in [1.807, 2.05) is 6.20 Å². The Balaban J connectivity index is 1.44. The number of nitrogens with one attached hydrogen (secondary N) is 2. The topological polar surface area (TPSA) is 49.9 Å². The molecule has 0 fully saturated rings. The van der Waals surface area contributed by atoms with Gasteiger partial charge in [0.25, 0.3) is 0 Å². The van der Waals surface area contributed by atoms with E-state index < -0.39 is 0 Å². The molecule has 0 radical (unpaired) electrons. The van der Waals surface area contributed by atoms with Crippen LogP contribution in [0.5, 0.6) is 5.75 Å². The summed E-state index contributed by atoms with van der Waals surface area (Å²) in [5.41, 5.74) is 5.11. The molecule has 4 nitrogen and oxygen atoms in total. The number of hydrogen-bond donors (Lipinski definition) is 2. The molecule has 0 saturated carbocycles. The standard InChI is InChI=1S/C18H25N3O/c1-13-15(12-20-21-13)5-4-8-19-11-14-6-7-17-16(9-14)10-18(2,3)22-17/h6-7,9,12,19H,4-5,8,10-11H2,1-3H3,(H,20,21). The first-order chi connectivity index (χ1) is 10.5. The molecule has 0 aliphatic carbocycles. The molecule has 2 aromatic rings. The zero-order valence-corrected chi connectivity index (χ0v) is 13.7. The number of aryl methyl sites for hydroxylation is 2. The van der Waals surface area contributed by atoms with Crippen LogP contribution < -0.4 is 10.1 Å². The Labute approximate surface area is 132 Å². The average Bonchev–Trinajstić information content (AvgIpc) is 2.99. The molecule has 4 heteroatoms. The number of aromatic amines is 1. The molecule has 0 saturated heterocycles. The zero-order chi connectivity index (χ0) is 15.6. The van der Waals surface area contributed by atoms with Crippen molar-refractivity contribution in [3.8, 4) is 5.75 Å². The molecule has 0 amide bonds. The van der Waals surface area contributed by atoms with Crippen LogP contribution in [-0.2, 0) is 19.4 Å². The second-order valence-electron chi connectivity index (χ2n) is 6.78. The maximum atomic E-state index is 5.92. The Morgan fingerprint density at radius 2 is 2.23 bits per heavy atom. The summed E-state index contributed by atoms with van der Waals surface area (Å²) in [4.78, 5) is 0. The third-order valence-corrected chi connectivity index (χ3v) is 4.19. The van der Waals surface area contributed by atoms with Crippen LogP contribution in [0, 0.1) is 6.92 Å². The van der Waals surface area contributed by atoms with Crippen molar-refractivity contribution in [2.24, 2.45) is 0 Å². The lowest BCUT2D eigenvalue weighted by atomic mass is 10.0. The van der Waals surface area contributed by atoms with E-state index in [4.69, 9.17) is 4.74 Å². The van der Waals surface area contributed by atoms with Crippen molar-refractivity contribution in [1.29, 1.82) is 0 Å². The van der Waals surface area contributed by atoms with E-state index in [-0.39, 0.29) is 5.60 Å². The minimum atomic E-state index is -0.0587. The monoisotopic (exact) mass is 299 g/mol. The van der Waals surface area contributed by atoms with Crippen LogP contribution in [0.2, 0.25) is 0 Å². The molecule has 1 aromatic carbocycles. The largest absolute Gasteiger partial charge is 0.487 e. The SMILES string of the molecule is Cc1[nH]ncc1CCCNCc1ccc2c(c1)CC(C)(C)O2.